The molecule has 150 valence electrons. The number of imide groups is 1. The summed E-state index contributed by atoms with van der Waals surface area (Å²) >= 11 is 3.37. The largest absolute Gasteiger partial charge is 0.508 e. The molecule has 2 fully saturated rings. The van der Waals surface area contributed by atoms with Gasteiger partial charge in [0.1, 0.15) is 11.7 Å². The number of hydroxylamine groups is 1. The summed E-state index contributed by atoms with van der Waals surface area (Å²) in [6, 6.07) is 22.5. The Hall–Kier alpha value is -3.16. The zero-order chi connectivity index (χ0) is 20.8. The predicted octanol–water partition coefficient (Wildman–Crippen LogP) is 4.21. The quantitative estimate of drug-likeness (QED) is 0.588. The molecule has 0 spiro atoms. The molecule has 2 aliphatic heterocycles. The van der Waals surface area contributed by atoms with Crippen molar-refractivity contribution >= 4 is 39.1 Å². The maximum Gasteiger partial charge on any atom is 0.266 e. The molecule has 2 aliphatic rings. The lowest BCUT2D eigenvalue weighted by Gasteiger charge is -2.28. The Morgan fingerprint density at radius 1 is 0.833 bits per heavy atom. The zero-order valence-electron chi connectivity index (χ0n) is 15.7. The molecule has 0 aromatic heterocycles. The fraction of sp³-hybridized carbons (Fsp3) is 0.130. The van der Waals surface area contributed by atoms with Gasteiger partial charge in [-0.2, -0.15) is 0 Å². The third-order valence-electron chi connectivity index (χ3n) is 5.42. The SMILES string of the molecule is O=C1[C@@H]2[C@@H](ON(c3ccccc3)[C@H]2c2cccc(O)c2)C(=O)N1c1ccc(Br)cc1. The Balaban J connectivity index is 1.59. The Morgan fingerprint density at radius 3 is 2.27 bits per heavy atom. The van der Waals surface area contributed by atoms with Crippen molar-refractivity contribution in [1.29, 1.82) is 0 Å². The molecule has 0 aliphatic carbocycles. The molecule has 2 amide bonds. The summed E-state index contributed by atoms with van der Waals surface area (Å²) in [4.78, 5) is 33.9. The molecular formula is C23H17BrN2O4. The monoisotopic (exact) mass is 464 g/mol. The third kappa shape index (κ3) is 2.98. The van der Waals surface area contributed by atoms with Crippen LogP contribution in [0.1, 0.15) is 11.6 Å². The number of anilines is 2. The fourth-order valence-electron chi connectivity index (χ4n) is 4.11. The Morgan fingerprint density at radius 2 is 1.57 bits per heavy atom. The predicted molar refractivity (Wildman–Crippen MR) is 115 cm³/mol. The number of amides is 2. The highest BCUT2D eigenvalue weighted by Gasteiger charge is 2.60. The molecule has 2 saturated heterocycles. The molecule has 7 heteroatoms. The summed E-state index contributed by atoms with van der Waals surface area (Å²) in [7, 11) is 0. The van der Waals surface area contributed by atoms with Crippen LogP contribution in [0, 0.1) is 5.92 Å². The van der Waals surface area contributed by atoms with Crippen LogP contribution in [0.25, 0.3) is 0 Å². The molecule has 3 aromatic rings. The van der Waals surface area contributed by atoms with Crippen LogP contribution in [0.4, 0.5) is 11.4 Å². The summed E-state index contributed by atoms with van der Waals surface area (Å²) in [5.41, 5.74) is 1.94. The van der Waals surface area contributed by atoms with E-state index in [4.69, 9.17) is 4.84 Å². The van der Waals surface area contributed by atoms with Gasteiger partial charge in [-0.05, 0) is 54.1 Å². The van der Waals surface area contributed by atoms with Crippen molar-refractivity contribution in [2.24, 2.45) is 5.92 Å². The van der Waals surface area contributed by atoms with Gasteiger partial charge in [-0.15, -0.1) is 0 Å². The average Bonchev–Trinajstić information content (AvgIpc) is 3.26. The van der Waals surface area contributed by atoms with Gasteiger partial charge in [-0.1, -0.05) is 46.3 Å². The lowest BCUT2D eigenvalue weighted by Crippen LogP contribution is -2.37. The maximum atomic E-state index is 13.5. The number of halogens is 1. The Bertz CT molecular complexity index is 1120. The number of benzene rings is 3. The molecule has 30 heavy (non-hydrogen) atoms. The van der Waals surface area contributed by atoms with Crippen molar-refractivity contribution < 1.29 is 19.5 Å². The number of phenolic OH excluding ortho intramolecular Hbond substituents is 1. The van der Waals surface area contributed by atoms with E-state index in [1.807, 2.05) is 36.4 Å². The van der Waals surface area contributed by atoms with Gasteiger partial charge in [0.05, 0.1) is 17.4 Å². The van der Waals surface area contributed by atoms with Gasteiger partial charge in [-0.3, -0.25) is 14.4 Å². The van der Waals surface area contributed by atoms with Crippen LogP contribution in [-0.4, -0.2) is 23.0 Å². The highest BCUT2D eigenvalue weighted by molar-refractivity contribution is 9.10. The molecule has 0 bridgehead atoms. The average molecular weight is 465 g/mol. The first-order valence-corrected chi connectivity index (χ1v) is 10.3. The minimum Gasteiger partial charge on any atom is -0.508 e. The van der Waals surface area contributed by atoms with E-state index in [2.05, 4.69) is 15.9 Å². The molecule has 3 aromatic carbocycles. The second-order valence-corrected chi connectivity index (χ2v) is 8.16. The van der Waals surface area contributed by atoms with Crippen LogP contribution in [0.3, 0.4) is 0 Å². The molecule has 6 nitrogen and oxygen atoms in total. The number of para-hydroxylation sites is 1. The molecule has 0 radical (unpaired) electrons. The van der Waals surface area contributed by atoms with E-state index in [-0.39, 0.29) is 11.7 Å². The lowest BCUT2D eigenvalue weighted by atomic mass is 9.90. The standard InChI is InChI=1S/C23H17BrN2O4/c24-15-9-11-16(12-10-15)25-22(28)19-20(14-5-4-8-18(27)13-14)26(30-21(19)23(25)29)17-6-2-1-3-7-17/h1-13,19-21,27H/t19-,20-,21+/m0/s1. The summed E-state index contributed by atoms with van der Waals surface area (Å²) in [6.45, 7) is 0. The first kappa shape index (κ1) is 18.8. The number of nitrogens with zero attached hydrogens (tertiary/aromatic N) is 2. The molecule has 5 rings (SSSR count). The van der Waals surface area contributed by atoms with Crippen LogP contribution < -0.4 is 9.96 Å². The van der Waals surface area contributed by atoms with E-state index < -0.39 is 24.0 Å². The highest BCUT2D eigenvalue weighted by Crippen LogP contribution is 2.47. The van der Waals surface area contributed by atoms with Crippen molar-refractivity contribution in [2.75, 3.05) is 9.96 Å². The normalized spacial score (nSPS) is 23.2. The molecule has 0 saturated carbocycles. The number of phenols is 1. The van der Waals surface area contributed by atoms with Crippen LogP contribution in [0.2, 0.25) is 0 Å². The zero-order valence-corrected chi connectivity index (χ0v) is 17.3. The van der Waals surface area contributed by atoms with E-state index >= 15 is 0 Å². The van der Waals surface area contributed by atoms with Crippen molar-refractivity contribution in [3.05, 3.63) is 88.9 Å². The highest BCUT2D eigenvalue weighted by atomic mass is 79.9. The number of hydrogen-bond acceptors (Lipinski definition) is 5. The number of carbonyl (C=O) groups excluding carboxylic acids is 2. The van der Waals surface area contributed by atoms with E-state index in [1.165, 1.54) is 4.90 Å². The van der Waals surface area contributed by atoms with E-state index in [1.54, 1.807) is 47.5 Å². The van der Waals surface area contributed by atoms with E-state index in [9.17, 15) is 14.7 Å². The minimum absolute atomic E-state index is 0.0884. The molecule has 3 atom stereocenters. The maximum absolute atomic E-state index is 13.5. The van der Waals surface area contributed by atoms with Crippen molar-refractivity contribution in [1.82, 2.24) is 0 Å². The van der Waals surface area contributed by atoms with Crippen molar-refractivity contribution in [3.8, 4) is 5.75 Å². The second-order valence-electron chi connectivity index (χ2n) is 7.24. The van der Waals surface area contributed by atoms with Gasteiger partial charge >= 0.3 is 0 Å². The van der Waals surface area contributed by atoms with Gasteiger partial charge in [-0.25, -0.2) is 9.96 Å². The fourth-order valence-corrected chi connectivity index (χ4v) is 4.37. The number of carbonyl (C=O) groups is 2. The van der Waals surface area contributed by atoms with Gasteiger partial charge in [0.25, 0.3) is 5.91 Å². The molecular weight excluding hydrogens is 448 g/mol. The summed E-state index contributed by atoms with van der Waals surface area (Å²) in [6.07, 6.45) is -0.936. The molecule has 2 heterocycles. The smallest absolute Gasteiger partial charge is 0.266 e. The van der Waals surface area contributed by atoms with Crippen LogP contribution in [-0.2, 0) is 14.4 Å². The number of rotatable bonds is 3. The van der Waals surface area contributed by atoms with Crippen molar-refractivity contribution in [2.45, 2.75) is 12.1 Å². The van der Waals surface area contributed by atoms with Crippen LogP contribution in [0.15, 0.2) is 83.3 Å². The van der Waals surface area contributed by atoms with E-state index in [0.29, 0.717) is 11.3 Å². The van der Waals surface area contributed by atoms with Gasteiger partial charge in [0.2, 0.25) is 5.91 Å². The van der Waals surface area contributed by atoms with Gasteiger partial charge < -0.3 is 5.11 Å². The second kappa shape index (κ2) is 7.27. The number of fused-ring (bicyclic) bond motifs is 1. The summed E-state index contributed by atoms with van der Waals surface area (Å²) in [5, 5.41) is 11.6. The van der Waals surface area contributed by atoms with Gasteiger partial charge in [0.15, 0.2) is 6.10 Å². The molecule has 1 N–H and O–H groups in total. The lowest BCUT2D eigenvalue weighted by molar-refractivity contribution is -0.126. The number of hydrogen-bond donors (Lipinski definition) is 1. The van der Waals surface area contributed by atoms with Gasteiger partial charge in [0, 0.05) is 4.47 Å². The summed E-state index contributed by atoms with van der Waals surface area (Å²) < 4.78 is 0.856. The summed E-state index contributed by atoms with van der Waals surface area (Å²) in [5.74, 6) is -1.36. The van der Waals surface area contributed by atoms with Crippen LogP contribution >= 0.6 is 15.9 Å². The topological polar surface area (TPSA) is 70.1 Å². The van der Waals surface area contributed by atoms with Crippen LogP contribution in [0.5, 0.6) is 5.75 Å². The third-order valence-corrected chi connectivity index (χ3v) is 5.95. The Kier molecular flexibility index (Phi) is 4.56. The first-order chi connectivity index (χ1) is 14.5. The first-order valence-electron chi connectivity index (χ1n) is 9.48. The number of aromatic hydroxyl groups is 1. The Labute approximate surface area is 181 Å². The van der Waals surface area contributed by atoms with Crippen molar-refractivity contribution in [3.63, 3.8) is 0 Å². The van der Waals surface area contributed by atoms with E-state index in [0.717, 1.165) is 10.2 Å². The molecule has 0 unspecified atom stereocenters. The minimum atomic E-state index is -0.936.